The maximum atomic E-state index is 11.3. The summed E-state index contributed by atoms with van der Waals surface area (Å²) in [6, 6.07) is 8.21. The molecule has 0 spiro atoms. The van der Waals surface area contributed by atoms with E-state index in [0.29, 0.717) is 11.3 Å². The molecule has 0 bridgehead atoms. The zero-order valence-electron chi connectivity index (χ0n) is 11.1. The van der Waals surface area contributed by atoms with E-state index in [4.69, 9.17) is 15.1 Å². The summed E-state index contributed by atoms with van der Waals surface area (Å²) >= 11 is 0. The van der Waals surface area contributed by atoms with Gasteiger partial charge in [-0.3, -0.25) is 4.79 Å². The molecule has 0 fully saturated rings. The van der Waals surface area contributed by atoms with E-state index in [0.717, 1.165) is 0 Å². The number of hydrogen-bond acceptors (Lipinski definition) is 4. The molecule has 0 unspecified atom stereocenters. The van der Waals surface area contributed by atoms with Gasteiger partial charge in [0.1, 0.15) is 17.4 Å². The highest BCUT2D eigenvalue weighted by Crippen LogP contribution is 2.16. The van der Waals surface area contributed by atoms with E-state index in [1.807, 2.05) is 0 Å². The van der Waals surface area contributed by atoms with Crippen molar-refractivity contribution in [2.45, 2.75) is 13.0 Å². The highest BCUT2D eigenvalue weighted by molar-refractivity contribution is 6.01. The smallest absolute Gasteiger partial charge is 0.344 e. The van der Waals surface area contributed by atoms with E-state index in [1.54, 1.807) is 30.3 Å². The van der Waals surface area contributed by atoms with Crippen LogP contribution in [0.5, 0.6) is 5.75 Å². The highest BCUT2D eigenvalue weighted by atomic mass is 16.5. The number of carboxylic acids is 1. The number of nitrogens with zero attached hydrogens (tertiary/aromatic N) is 1. The third-order valence-electron chi connectivity index (χ3n) is 2.44. The molecule has 0 saturated heterocycles. The predicted octanol–water partition coefficient (Wildman–Crippen LogP) is 1.19. The molecular formula is C14H14N2O4. The Hall–Kier alpha value is -2.81. The van der Waals surface area contributed by atoms with Gasteiger partial charge in [-0.25, -0.2) is 4.79 Å². The van der Waals surface area contributed by atoms with Gasteiger partial charge in [0.05, 0.1) is 0 Å². The van der Waals surface area contributed by atoms with E-state index in [-0.39, 0.29) is 5.57 Å². The zero-order chi connectivity index (χ0) is 15.1. The molecule has 0 radical (unpaired) electrons. The molecule has 0 aromatic heterocycles. The summed E-state index contributed by atoms with van der Waals surface area (Å²) < 4.78 is 5.17. The fraction of sp³-hybridized carbons (Fsp3) is 0.214. The van der Waals surface area contributed by atoms with Crippen LogP contribution in [0.1, 0.15) is 12.5 Å². The second-order valence-electron chi connectivity index (χ2n) is 3.92. The monoisotopic (exact) mass is 274 g/mol. The van der Waals surface area contributed by atoms with Crippen molar-refractivity contribution in [3.63, 3.8) is 0 Å². The van der Waals surface area contributed by atoms with Crippen LogP contribution in [-0.2, 0) is 9.59 Å². The summed E-state index contributed by atoms with van der Waals surface area (Å²) in [4.78, 5) is 22.0. The van der Waals surface area contributed by atoms with Crippen molar-refractivity contribution < 1.29 is 19.4 Å². The summed E-state index contributed by atoms with van der Waals surface area (Å²) in [7, 11) is 1.44. The molecule has 0 saturated carbocycles. The van der Waals surface area contributed by atoms with Crippen molar-refractivity contribution in [1.82, 2.24) is 5.32 Å². The third-order valence-corrected chi connectivity index (χ3v) is 2.44. The van der Waals surface area contributed by atoms with E-state index in [9.17, 15) is 9.59 Å². The van der Waals surface area contributed by atoms with Gasteiger partial charge in [0.2, 0.25) is 0 Å². The number of amides is 1. The lowest BCUT2D eigenvalue weighted by Gasteiger charge is -2.10. The van der Waals surface area contributed by atoms with Gasteiger partial charge < -0.3 is 15.2 Å². The molecule has 1 aromatic carbocycles. The number of ether oxygens (including phenoxy) is 1. The van der Waals surface area contributed by atoms with Gasteiger partial charge in [0.25, 0.3) is 5.91 Å². The fourth-order valence-corrected chi connectivity index (χ4v) is 1.35. The van der Waals surface area contributed by atoms with Crippen molar-refractivity contribution in [3.8, 4) is 11.8 Å². The van der Waals surface area contributed by atoms with Gasteiger partial charge in [-0.05, 0) is 30.7 Å². The number of aliphatic carboxylic acids is 1. The number of benzene rings is 1. The first kappa shape index (κ1) is 15.2. The first-order valence-electron chi connectivity index (χ1n) is 5.81. The number of nitriles is 1. The molecule has 104 valence electrons. The second kappa shape index (κ2) is 6.95. The van der Waals surface area contributed by atoms with Crippen molar-refractivity contribution in [2.75, 3.05) is 7.05 Å². The van der Waals surface area contributed by atoms with Crippen LogP contribution in [-0.4, -0.2) is 30.1 Å². The average molecular weight is 274 g/mol. The fourth-order valence-electron chi connectivity index (χ4n) is 1.35. The Morgan fingerprint density at radius 2 is 2.00 bits per heavy atom. The van der Waals surface area contributed by atoms with E-state index in [1.165, 1.54) is 20.0 Å². The van der Waals surface area contributed by atoms with Crippen LogP contribution >= 0.6 is 0 Å². The SMILES string of the molecule is CNC(=O)/C(C#N)=C\c1ccc(O[C@H](C)C(=O)O)cc1. The Bertz CT molecular complexity index is 570. The Morgan fingerprint density at radius 3 is 2.45 bits per heavy atom. The molecule has 20 heavy (non-hydrogen) atoms. The first-order valence-corrected chi connectivity index (χ1v) is 5.81. The quantitative estimate of drug-likeness (QED) is 0.620. The van der Waals surface area contributed by atoms with Crippen LogP contribution in [0.25, 0.3) is 6.08 Å². The Balaban J connectivity index is 2.86. The van der Waals surface area contributed by atoms with Gasteiger partial charge in [-0.15, -0.1) is 0 Å². The Kier molecular flexibility index (Phi) is 5.30. The summed E-state index contributed by atoms with van der Waals surface area (Å²) in [5, 5.41) is 19.9. The number of carbonyl (C=O) groups excluding carboxylic acids is 1. The minimum atomic E-state index is -1.06. The summed E-state index contributed by atoms with van der Waals surface area (Å²) in [6.07, 6.45) is 0.486. The molecular weight excluding hydrogens is 260 g/mol. The maximum absolute atomic E-state index is 11.3. The molecule has 0 aliphatic carbocycles. The summed E-state index contributed by atoms with van der Waals surface area (Å²) in [5.74, 6) is -1.12. The highest BCUT2D eigenvalue weighted by Gasteiger charge is 2.12. The number of rotatable bonds is 5. The number of hydrogen-bond donors (Lipinski definition) is 2. The largest absolute Gasteiger partial charge is 0.479 e. The van der Waals surface area contributed by atoms with E-state index in [2.05, 4.69) is 5.32 Å². The Morgan fingerprint density at radius 1 is 1.40 bits per heavy atom. The van der Waals surface area contributed by atoms with E-state index >= 15 is 0 Å². The Labute approximate surface area is 116 Å². The lowest BCUT2D eigenvalue weighted by atomic mass is 10.1. The van der Waals surface area contributed by atoms with Crippen LogP contribution in [0.15, 0.2) is 29.8 Å². The second-order valence-corrected chi connectivity index (χ2v) is 3.92. The van der Waals surface area contributed by atoms with Crippen LogP contribution in [0.3, 0.4) is 0 Å². The van der Waals surface area contributed by atoms with Crippen molar-refractivity contribution in [2.24, 2.45) is 0 Å². The minimum absolute atomic E-state index is 0.0138. The van der Waals surface area contributed by atoms with Gasteiger partial charge in [-0.1, -0.05) is 12.1 Å². The van der Waals surface area contributed by atoms with Crippen LogP contribution in [0.4, 0.5) is 0 Å². The third kappa shape index (κ3) is 4.14. The van der Waals surface area contributed by atoms with Crippen LogP contribution in [0, 0.1) is 11.3 Å². The van der Waals surface area contributed by atoms with E-state index < -0.39 is 18.0 Å². The molecule has 6 heteroatoms. The number of carboxylic acid groups (broad SMARTS) is 1. The molecule has 1 aromatic rings. The maximum Gasteiger partial charge on any atom is 0.344 e. The molecule has 0 aliphatic heterocycles. The molecule has 0 aliphatic rings. The van der Waals surface area contributed by atoms with Crippen molar-refractivity contribution in [3.05, 3.63) is 35.4 Å². The van der Waals surface area contributed by atoms with Gasteiger partial charge in [0, 0.05) is 7.05 Å². The van der Waals surface area contributed by atoms with Crippen LogP contribution < -0.4 is 10.1 Å². The lowest BCUT2D eigenvalue weighted by molar-refractivity contribution is -0.144. The zero-order valence-corrected chi connectivity index (χ0v) is 11.1. The summed E-state index contributed by atoms with van der Waals surface area (Å²) in [6.45, 7) is 1.43. The summed E-state index contributed by atoms with van der Waals surface area (Å²) in [5.41, 5.74) is 0.626. The number of nitrogens with one attached hydrogen (secondary N) is 1. The topological polar surface area (TPSA) is 99.4 Å². The van der Waals surface area contributed by atoms with Crippen LogP contribution in [0.2, 0.25) is 0 Å². The average Bonchev–Trinajstić information content (AvgIpc) is 2.45. The molecule has 2 N–H and O–H groups in total. The molecule has 1 atom stereocenters. The first-order chi connectivity index (χ1) is 9.47. The van der Waals surface area contributed by atoms with Gasteiger partial charge in [0.15, 0.2) is 6.10 Å². The standard InChI is InChI=1S/C14H14N2O4/c1-9(14(18)19)20-12-5-3-10(4-6-12)7-11(8-15)13(17)16-2/h3-7,9H,1-2H3,(H,16,17)(H,18,19)/b11-7-/t9-/m1/s1. The van der Waals surface area contributed by atoms with Crippen molar-refractivity contribution in [1.29, 1.82) is 5.26 Å². The van der Waals surface area contributed by atoms with Crippen molar-refractivity contribution >= 4 is 18.0 Å². The molecule has 6 nitrogen and oxygen atoms in total. The minimum Gasteiger partial charge on any atom is -0.479 e. The van der Waals surface area contributed by atoms with Gasteiger partial charge in [-0.2, -0.15) is 5.26 Å². The predicted molar refractivity (Wildman–Crippen MR) is 71.8 cm³/mol. The molecule has 1 amide bonds. The van der Waals surface area contributed by atoms with Gasteiger partial charge >= 0.3 is 5.97 Å². The normalized spacial score (nSPS) is 12.2. The lowest BCUT2D eigenvalue weighted by Crippen LogP contribution is -2.22. The number of likely N-dealkylation sites (N-methyl/N-ethyl adjacent to an activating group) is 1. The molecule has 1 rings (SSSR count). The molecule has 0 heterocycles. The number of carbonyl (C=O) groups is 2.